The maximum Gasteiger partial charge on any atom is 0.341 e. The van der Waals surface area contributed by atoms with Crippen LogP contribution in [-0.4, -0.2) is 78.7 Å². The molecular formula is C30H47NO8. The fourth-order valence-corrected chi connectivity index (χ4v) is 10.6. The molecule has 9 nitrogen and oxygen atoms in total. The second-order valence-corrected chi connectivity index (χ2v) is 14.2. The summed E-state index contributed by atoms with van der Waals surface area (Å²) in [5, 5.41) is 52.4. The minimum Gasteiger partial charge on any atom is -0.479 e. The van der Waals surface area contributed by atoms with Crippen molar-refractivity contribution in [3.05, 3.63) is 0 Å². The van der Waals surface area contributed by atoms with Crippen LogP contribution in [0.3, 0.4) is 0 Å². The molecule has 0 bridgehead atoms. The maximum absolute atomic E-state index is 13.1. The van der Waals surface area contributed by atoms with Gasteiger partial charge in [0.1, 0.15) is 0 Å². The summed E-state index contributed by atoms with van der Waals surface area (Å²) in [6, 6.07) is 0. The summed E-state index contributed by atoms with van der Waals surface area (Å²) in [5.41, 5.74) is -2.28. The monoisotopic (exact) mass is 549 g/mol. The Morgan fingerprint density at radius 2 is 1.49 bits per heavy atom. The Labute approximate surface area is 231 Å². The van der Waals surface area contributed by atoms with Crippen molar-refractivity contribution in [2.45, 2.75) is 115 Å². The highest BCUT2D eigenvalue weighted by Crippen LogP contribution is 2.68. The molecule has 0 spiro atoms. The van der Waals surface area contributed by atoms with Gasteiger partial charge >= 0.3 is 11.9 Å². The zero-order valence-corrected chi connectivity index (χ0v) is 23.6. The molecule has 5 N–H and O–H groups in total. The van der Waals surface area contributed by atoms with E-state index in [0.29, 0.717) is 31.1 Å². The van der Waals surface area contributed by atoms with E-state index in [-0.39, 0.29) is 53.9 Å². The second kappa shape index (κ2) is 9.98. The van der Waals surface area contributed by atoms with E-state index in [1.165, 1.54) is 0 Å². The number of amides is 1. The van der Waals surface area contributed by atoms with Crippen LogP contribution >= 0.6 is 0 Å². The zero-order chi connectivity index (χ0) is 28.5. The molecule has 4 saturated carbocycles. The topological polar surface area (TPSA) is 156 Å². The molecule has 1 heterocycles. The van der Waals surface area contributed by atoms with Crippen LogP contribution in [0.25, 0.3) is 0 Å². The summed E-state index contributed by atoms with van der Waals surface area (Å²) in [6.07, 6.45) is 5.08. The Bertz CT molecular complexity index is 987. The molecular weight excluding hydrogens is 502 g/mol. The van der Waals surface area contributed by atoms with Gasteiger partial charge in [-0.25, -0.2) is 9.59 Å². The number of aliphatic hydroxyl groups is 3. The van der Waals surface area contributed by atoms with Crippen LogP contribution in [0.5, 0.6) is 0 Å². The number of rotatable bonds is 6. The lowest BCUT2D eigenvalue weighted by Crippen LogP contribution is -2.64. The minimum absolute atomic E-state index is 0.0189. The van der Waals surface area contributed by atoms with Gasteiger partial charge in [-0.1, -0.05) is 20.8 Å². The lowest BCUT2D eigenvalue weighted by molar-refractivity contribution is -0.223. The Balaban J connectivity index is 1.29. The van der Waals surface area contributed by atoms with Crippen LogP contribution < -0.4 is 0 Å². The molecule has 11 atom stereocenters. The van der Waals surface area contributed by atoms with E-state index < -0.39 is 41.7 Å². The predicted octanol–water partition coefficient (Wildman–Crippen LogP) is 2.89. The highest BCUT2D eigenvalue weighted by atomic mass is 16.4. The number of aliphatic hydroxyl groups excluding tert-OH is 3. The molecule has 5 aliphatic rings. The van der Waals surface area contributed by atoms with E-state index in [4.69, 9.17) is 0 Å². The fourth-order valence-electron chi connectivity index (χ4n) is 10.6. The molecule has 3 unspecified atom stereocenters. The van der Waals surface area contributed by atoms with Gasteiger partial charge in [0.2, 0.25) is 11.4 Å². The highest BCUT2D eigenvalue weighted by molar-refractivity contribution is 6.06. The maximum atomic E-state index is 13.1. The van der Waals surface area contributed by atoms with Crippen molar-refractivity contribution in [1.82, 2.24) is 4.90 Å². The van der Waals surface area contributed by atoms with E-state index in [9.17, 15) is 39.9 Å². The molecule has 39 heavy (non-hydrogen) atoms. The molecule has 4 aliphatic carbocycles. The van der Waals surface area contributed by atoms with Gasteiger partial charge < -0.3 is 30.4 Å². The number of hydrogen-bond acceptors (Lipinski definition) is 6. The number of aliphatic carboxylic acids is 2. The summed E-state index contributed by atoms with van der Waals surface area (Å²) < 4.78 is 0. The van der Waals surface area contributed by atoms with Crippen LogP contribution in [0, 0.1) is 46.3 Å². The second-order valence-electron chi connectivity index (χ2n) is 14.2. The SMILES string of the molecule is C[C@H](CCC(=O)N1CCCC1(C(=O)O)C(=O)O)[C@H]1CCC2C3C(CC[C@@]21C)[C@@]1(C)CC[C@@H](O)C[C@H]1[C@@H](O)[C@H]3O. The average Bonchev–Trinajstić information content (AvgIpc) is 3.49. The van der Waals surface area contributed by atoms with Gasteiger partial charge in [0.05, 0.1) is 18.3 Å². The van der Waals surface area contributed by atoms with Crippen molar-refractivity contribution < 1.29 is 39.9 Å². The van der Waals surface area contributed by atoms with Crippen molar-refractivity contribution in [1.29, 1.82) is 0 Å². The number of carbonyl (C=O) groups is 3. The first kappa shape index (κ1) is 28.8. The number of fused-ring (bicyclic) bond motifs is 5. The summed E-state index contributed by atoms with van der Waals surface area (Å²) in [7, 11) is 0. The van der Waals surface area contributed by atoms with Gasteiger partial charge in [-0.05, 0) is 111 Å². The molecule has 9 heteroatoms. The number of likely N-dealkylation sites (tertiary alicyclic amines) is 1. The van der Waals surface area contributed by atoms with E-state index >= 15 is 0 Å². The Morgan fingerprint density at radius 3 is 2.15 bits per heavy atom. The zero-order valence-electron chi connectivity index (χ0n) is 23.6. The average molecular weight is 550 g/mol. The molecule has 0 aromatic carbocycles. The minimum atomic E-state index is -2.16. The van der Waals surface area contributed by atoms with Gasteiger partial charge in [0.25, 0.3) is 0 Å². The third-order valence-electron chi connectivity index (χ3n) is 12.7. The predicted molar refractivity (Wildman–Crippen MR) is 141 cm³/mol. The smallest absolute Gasteiger partial charge is 0.341 e. The van der Waals surface area contributed by atoms with Crippen LogP contribution in [0.15, 0.2) is 0 Å². The Morgan fingerprint density at radius 1 is 0.846 bits per heavy atom. The lowest BCUT2D eigenvalue weighted by atomic mass is 9.43. The number of hydrogen-bond donors (Lipinski definition) is 5. The van der Waals surface area contributed by atoms with Gasteiger partial charge in [0, 0.05) is 13.0 Å². The standard InChI is InChI=1S/C30H47NO8/c1-16(5-8-22(33)31-14-4-11-30(31,26(36)37)27(38)39)18-6-7-19-23-20(10-13-28(18,19)2)29(3)12-9-17(32)15-21(29)24(34)25(23)35/h16-21,23-25,32,34-35H,4-15H2,1-3H3,(H,36,37)(H,38,39)/t16-,17-,18-,19?,20?,21+,23?,24-,25+,28-,29-/m1/s1. The van der Waals surface area contributed by atoms with Crippen LogP contribution in [0.1, 0.15) is 91.4 Å². The molecule has 1 aliphatic heterocycles. The molecule has 1 saturated heterocycles. The van der Waals surface area contributed by atoms with Crippen molar-refractivity contribution in [2.75, 3.05) is 6.54 Å². The van der Waals surface area contributed by atoms with Crippen molar-refractivity contribution in [2.24, 2.45) is 46.3 Å². The largest absolute Gasteiger partial charge is 0.479 e. The van der Waals surface area contributed by atoms with Crippen molar-refractivity contribution in [3.63, 3.8) is 0 Å². The van der Waals surface area contributed by atoms with Crippen molar-refractivity contribution in [3.8, 4) is 0 Å². The van der Waals surface area contributed by atoms with Gasteiger partial charge in [0.15, 0.2) is 0 Å². The van der Waals surface area contributed by atoms with Crippen LogP contribution in [-0.2, 0) is 14.4 Å². The van der Waals surface area contributed by atoms with E-state index in [1.54, 1.807) is 0 Å². The first-order valence-corrected chi connectivity index (χ1v) is 15.1. The summed E-state index contributed by atoms with van der Waals surface area (Å²) in [5.74, 6) is -2.31. The number of carboxylic acid groups (broad SMARTS) is 2. The molecule has 0 aromatic heterocycles. The molecule has 0 radical (unpaired) electrons. The summed E-state index contributed by atoms with van der Waals surface area (Å²) in [6.45, 7) is 6.89. The lowest BCUT2D eigenvalue weighted by Gasteiger charge is -2.63. The van der Waals surface area contributed by atoms with E-state index in [2.05, 4.69) is 20.8 Å². The fraction of sp³-hybridized carbons (Fsp3) is 0.900. The third kappa shape index (κ3) is 4.16. The molecule has 0 aromatic rings. The van der Waals surface area contributed by atoms with Crippen molar-refractivity contribution >= 4 is 17.8 Å². The highest BCUT2D eigenvalue weighted by Gasteiger charge is 2.65. The van der Waals surface area contributed by atoms with E-state index in [0.717, 1.165) is 43.4 Å². The summed E-state index contributed by atoms with van der Waals surface area (Å²) in [4.78, 5) is 38.0. The third-order valence-corrected chi connectivity index (χ3v) is 12.7. The first-order chi connectivity index (χ1) is 18.3. The normalized spacial score (nSPS) is 45.6. The number of carboxylic acids is 2. The molecule has 5 rings (SSSR count). The molecule has 1 amide bonds. The van der Waals surface area contributed by atoms with Gasteiger partial charge in [-0.3, -0.25) is 4.79 Å². The quantitative estimate of drug-likeness (QED) is 0.317. The van der Waals surface area contributed by atoms with Crippen LogP contribution in [0.4, 0.5) is 0 Å². The summed E-state index contributed by atoms with van der Waals surface area (Å²) >= 11 is 0. The Kier molecular flexibility index (Phi) is 7.37. The number of nitrogens with zero attached hydrogens (tertiary/aromatic N) is 1. The van der Waals surface area contributed by atoms with Gasteiger partial charge in [-0.15, -0.1) is 0 Å². The Hall–Kier alpha value is -1.71. The first-order valence-electron chi connectivity index (χ1n) is 15.1. The molecule has 220 valence electrons. The number of carbonyl (C=O) groups excluding carboxylic acids is 1. The van der Waals surface area contributed by atoms with Gasteiger partial charge in [-0.2, -0.15) is 0 Å². The van der Waals surface area contributed by atoms with Crippen LogP contribution in [0.2, 0.25) is 0 Å². The molecule has 5 fully saturated rings. The van der Waals surface area contributed by atoms with E-state index in [1.807, 2.05) is 0 Å².